The minimum atomic E-state index is -2.37. The zero-order valence-electron chi connectivity index (χ0n) is 64.3. The highest BCUT2D eigenvalue weighted by atomic mass is 35.5. The fourth-order valence-electron chi connectivity index (χ4n) is 15.1. The van der Waals surface area contributed by atoms with Gasteiger partial charge < -0.3 is 128 Å². The second-order valence-corrected chi connectivity index (χ2v) is 31.1. The molecule has 1 saturated heterocycles. The highest BCUT2D eigenvalue weighted by Gasteiger charge is 2.50. The molecule has 6 heterocycles. The molecular weight excluding hydrogens is 1600 g/mol. The first kappa shape index (κ1) is 86.8. The molecule has 7 aromatic rings. The van der Waals surface area contributed by atoms with Crippen LogP contribution < -0.4 is 67.2 Å². The van der Waals surface area contributed by atoms with Gasteiger partial charge >= 0.3 is 11.7 Å². The van der Waals surface area contributed by atoms with Crippen LogP contribution in [0.2, 0.25) is 10.0 Å². The van der Waals surface area contributed by atoms with Crippen LogP contribution >= 0.6 is 23.2 Å². The van der Waals surface area contributed by atoms with Gasteiger partial charge in [-0.15, -0.1) is 0 Å². The van der Waals surface area contributed by atoms with Crippen molar-refractivity contribution in [3.8, 4) is 62.9 Å². The second-order valence-electron chi connectivity index (χ2n) is 30.3. The maximum atomic E-state index is 16.4. The third-order valence-electron chi connectivity index (χ3n) is 21.4. The Kier molecular flexibility index (Phi) is 26.5. The Morgan fingerprint density at radius 1 is 0.714 bits per heavy atom. The number of nitrogens with two attached hydrogens (primary N) is 1. The summed E-state index contributed by atoms with van der Waals surface area (Å²) in [4.78, 5) is 132. The maximum Gasteiger partial charge on any atom is 0.330 e. The normalized spacial score (nSPS) is 26.7. The number of carbonyl (C=O) groups excluding carboxylic acids is 7. The fourth-order valence-corrected chi connectivity index (χ4v) is 15.6. The summed E-state index contributed by atoms with van der Waals surface area (Å²) < 4.78 is 39.5. The standard InChI is InChI=1S/C81H88Cl2N10O26/c1-34(2)20-48(85-5)74(104)91-64-66(99)38-15-18-53(46(82)22-38)116-56-24-41-25-57(72(56)118-55-26-42(32-94)67(100)69(102)68(55)101)117-54-19-16-39(23-47(54)83)71(119-59-30-81(4,73(103)35(3)115-59)86-31-40-12-9-13-50(93(112)113)70(40)114-33-36-10-7-6-8-11-36)65-79(109)90-63(80(110)111)45-27-43(95)28-52(97)60(45)44-21-37(14-17-51(44)96)61(76(106)92-65)89-77(107)62(41)88-75(105)49(29-58(84)98)87-78(64)108/h6-19,21-25,27-28,34-35,42,48-49,55,59,61-69,71,73,85-86,94-97,99-103H,20,26,29-33H2,1-5H3,(H2,84,98)(H,87,108)(H,88,105)(H,89,107)(H,90,109)(H,91,104)(H,92,106)(H,110,111)/t35-,42?,48?,49-,55?,59?,61+,62+,63+,64?,65-,66+,67+,68-,69?,71?,73?,81-/m0/s1. The number of phenols is 3. The predicted octanol–water partition coefficient (Wildman–Crippen LogP) is 4.09. The van der Waals surface area contributed by atoms with Crippen LogP contribution in [0.25, 0.3) is 11.1 Å². The Morgan fingerprint density at radius 3 is 2.00 bits per heavy atom. The monoisotopic (exact) mass is 1690 g/mol. The molecule has 6 aliphatic heterocycles. The molecule has 1 aliphatic carbocycles. The molecule has 7 aliphatic rings. The average molecular weight is 1690 g/mol. The SMILES string of the molecule is CNC(CC(C)C)C(=O)NC1C(=O)N[C@@H](CC(N)=O)C(=O)N[C@H]2C(=O)N[C@H]3C(=O)N[C@H](C(=O)N[C@@H](C(=O)O)c4cc(O)cc(O)c4-c4cc3ccc4O)C(OC3C[C@](C)(NCc4cccc([N+](=O)[O-])c4OCc4ccccc4)C(O)[C@H](C)O3)c3ccc(c(Cl)c3)Oc3cc2cc(c3OC2CC(CO)[C@@H](O)C(O)[C@H]2O)Oc2ccc(cc2Cl)[C@H]1O. The van der Waals surface area contributed by atoms with Crippen molar-refractivity contribution >= 4 is 76.2 Å². The van der Waals surface area contributed by atoms with E-state index in [2.05, 4.69) is 42.5 Å². The van der Waals surface area contributed by atoms with Gasteiger partial charge in [-0.25, -0.2) is 4.79 Å². The number of primary amides is 1. The minimum Gasteiger partial charge on any atom is -0.508 e. The van der Waals surface area contributed by atoms with Gasteiger partial charge in [0.2, 0.25) is 52.8 Å². The average Bonchev–Trinajstić information content (AvgIpc) is 0.766. The Bertz CT molecular complexity index is 5070. The number of carboxylic acids is 1. The summed E-state index contributed by atoms with van der Waals surface area (Å²) in [6.07, 6.45) is -17.5. The van der Waals surface area contributed by atoms with E-state index in [9.17, 15) is 80.4 Å². The van der Waals surface area contributed by atoms with Gasteiger partial charge in [-0.2, -0.15) is 0 Å². The van der Waals surface area contributed by atoms with Gasteiger partial charge in [-0.05, 0) is 122 Å². The predicted molar refractivity (Wildman–Crippen MR) is 419 cm³/mol. The molecule has 0 aromatic heterocycles. The number of halogens is 2. The van der Waals surface area contributed by atoms with E-state index in [4.69, 9.17) is 57.4 Å². The summed E-state index contributed by atoms with van der Waals surface area (Å²) in [5.41, 5.74) is 1.94. The lowest BCUT2D eigenvalue weighted by atomic mass is 9.81. The smallest absolute Gasteiger partial charge is 0.330 e. The Morgan fingerprint density at radius 2 is 1.36 bits per heavy atom. The molecule has 20 N–H and O–H groups in total. The van der Waals surface area contributed by atoms with Gasteiger partial charge in [0.1, 0.15) is 96.1 Å². The number of benzene rings is 7. The van der Waals surface area contributed by atoms with Crippen LogP contribution in [0.5, 0.6) is 51.7 Å². The number of aliphatic hydroxyl groups excluding tert-OH is 6. The van der Waals surface area contributed by atoms with Crippen molar-refractivity contribution in [2.24, 2.45) is 17.6 Å². The first-order valence-electron chi connectivity index (χ1n) is 37.7. The third kappa shape index (κ3) is 19.0. The number of phenolic OH excluding ortho intramolecular Hbond substituents is 3. The summed E-state index contributed by atoms with van der Waals surface area (Å²) in [5.74, 6) is -17.3. The lowest BCUT2D eigenvalue weighted by molar-refractivity contribution is -0.386. The van der Waals surface area contributed by atoms with Gasteiger partial charge in [-0.3, -0.25) is 43.7 Å². The number of nitrogens with one attached hydrogen (secondary N) is 8. The second kappa shape index (κ2) is 36.4. The van der Waals surface area contributed by atoms with Crippen LogP contribution in [0.1, 0.15) is 123 Å². The first-order chi connectivity index (χ1) is 56.5. The molecule has 14 rings (SSSR count). The number of carboxylic acid groups (broad SMARTS) is 1. The number of hydrogen-bond acceptors (Lipinski definition) is 27. The maximum absolute atomic E-state index is 16.4. The molecule has 36 nitrogen and oxygen atoms in total. The van der Waals surface area contributed by atoms with Crippen molar-refractivity contribution < 1.29 is 123 Å². The number of rotatable bonds is 20. The van der Waals surface area contributed by atoms with Crippen molar-refractivity contribution in [3.63, 3.8) is 0 Å². The first-order valence-corrected chi connectivity index (χ1v) is 38.5. The van der Waals surface area contributed by atoms with Gasteiger partial charge in [0.15, 0.2) is 23.8 Å². The number of aromatic hydroxyl groups is 3. The van der Waals surface area contributed by atoms with Crippen molar-refractivity contribution in [1.82, 2.24) is 42.5 Å². The highest BCUT2D eigenvalue weighted by Crippen LogP contribution is 2.51. The van der Waals surface area contributed by atoms with E-state index in [0.717, 1.165) is 48.5 Å². The van der Waals surface area contributed by atoms with E-state index >= 15 is 19.2 Å². The van der Waals surface area contributed by atoms with E-state index in [1.165, 1.54) is 56.4 Å². The molecule has 1 saturated carbocycles. The number of hydrogen-bond donors (Lipinski definition) is 19. The summed E-state index contributed by atoms with van der Waals surface area (Å²) >= 11 is 14.5. The topological polar surface area (TPSA) is 560 Å². The molecular formula is C81H88Cl2N10O26. The van der Waals surface area contributed by atoms with Crippen molar-refractivity contribution in [2.45, 2.75) is 169 Å². The van der Waals surface area contributed by atoms with Crippen LogP contribution in [0.3, 0.4) is 0 Å². The number of carbonyl (C=O) groups is 8. The van der Waals surface area contributed by atoms with E-state index < -0.39 is 255 Å². The van der Waals surface area contributed by atoms with Crippen molar-refractivity contribution in [2.75, 3.05) is 13.7 Å². The van der Waals surface area contributed by atoms with E-state index in [1.54, 1.807) is 43.3 Å². The van der Waals surface area contributed by atoms with Crippen LogP contribution in [0.4, 0.5) is 5.69 Å². The Balaban J connectivity index is 1.07. The molecule has 2 fully saturated rings. The number of likely N-dealkylation sites (N-methyl/N-ethyl adjacent to an activating group) is 1. The number of nitrogens with zero attached hydrogens (tertiary/aromatic N) is 1. The molecule has 632 valence electrons. The van der Waals surface area contributed by atoms with Gasteiger partial charge in [0.25, 0.3) is 0 Å². The van der Waals surface area contributed by atoms with Gasteiger partial charge in [-0.1, -0.05) is 97.7 Å². The minimum absolute atomic E-state index is 0.0901. The number of aliphatic hydroxyl groups is 6. The van der Waals surface area contributed by atoms with Crippen molar-refractivity contribution in [1.29, 1.82) is 0 Å². The van der Waals surface area contributed by atoms with E-state index in [0.29, 0.717) is 5.56 Å². The Hall–Kier alpha value is -11.5. The zero-order chi connectivity index (χ0) is 85.9. The van der Waals surface area contributed by atoms with Crippen LogP contribution in [0, 0.1) is 22.0 Å². The molecule has 8 unspecified atom stereocenters. The lowest BCUT2D eigenvalue weighted by Gasteiger charge is -2.47. The van der Waals surface area contributed by atoms with Crippen LogP contribution in [0.15, 0.2) is 127 Å². The molecule has 119 heavy (non-hydrogen) atoms. The number of para-hydroxylation sites is 1. The molecule has 7 amide bonds. The summed E-state index contributed by atoms with van der Waals surface area (Å²) in [6, 6.07) is 12.5. The molecule has 0 radical (unpaired) electrons. The van der Waals surface area contributed by atoms with Gasteiger partial charge in [0.05, 0.1) is 45.7 Å². The number of fused-ring (bicyclic) bond motifs is 15. The number of amides is 7. The number of nitro benzene ring substituents is 1. The lowest BCUT2D eigenvalue weighted by Crippen LogP contribution is -2.63. The molecule has 18 atom stereocenters. The zero-order valence-corrected chi connectivity index (χ0v) is 65.8. The molecule has 38 heteroatoms. The summed E-state index contributed by atoms with van der Waals surface area (Å²) in [7, 11) is 1.47. The fraction of sp³-hybridized carbons (Fsp3) is 0.383. The number of aliphatic carboxylic acids is 1. The largest absolute Gasteiger partial charge is 0.508 e. The molecule has 0 spiro atoms. The quantitative estimate of drug-likeness (QED) is 0.0377. The van der Waals surface area contributed by atoms with Crippen LogP contribution in [-0.2, 0) is 61.0 Å². The van der Waals surface area contributed by atoms with Crippen molar-refractivity contribution in [3.05, 3.63) is 186 Å². The van der Waals surface area contributed by atoms with E-state index in [-0.39, 0.29) is 70.0 Å². The molecule has 7 aromatic carbocycles. The molecule has 11 bridgehead atoms. The van der Waals surface area contributed by atoms with Gasteiger partial charge in [0, 0.05) is 65.4 Å². The highest BCUT2D eigenvalue weighted by molar-refractivity contribution is 6.32. The summed E-state index contributed by atoms with van der Waals surface area (Å²) in [5, 5.41) is 148. The Labute approximate surface area is 688 Å². The van der Waals surface area contributed by atoms with Crippen LogP contribution in [-0.4, -0.2) is 190 Å². The number of nitro groups is 1. The van der Waals surface area contributed by atoms with E-state index in [1.807, 2.05) is 13.8 Å². The third-order valence-corrected chi connectivity index (χ3v) is 22.0. The number of ether oxygens (including phenoxy) is 6. The summed E-state index contributed by atoms with van der Waals surface area (Å²) in [6.45, 7) is 5.58.